The maximum Gasteiger partial charge on any atom is 0.338 e. The van der Waals surface area contributed by atoms with Gasteiger partial charge in [0.05, 0.1) is 10.5 Å². The Kier molecular flexibility index (Phi) is 8.38. The molecular formula is C17H25N3O6S. The predicted octanol–water partition coefficient (Wildman–Crippen LogP) is 0.125. The fourth-order valence-electron chi connectivity index (χ4n) is 1.94. The topological polar surface area (TPSA) is 122 Å². The Morgan fingerprint density at radius 2 is 1.74 bits per heavy atom. The number of esters is 1. The molecule has 27 heavy (non-hydrogen) atoms. The van der Waals surface area contributed by atoms with Gasteiger partial charge in [-0.05, 0) is 37.6 Å². The minimum atomic E-state index is -3.59. The molecule has 0 bridgehead atoms. The molecule has 0 unspecified atom stereocenters. The van der Waals surface area contributed by atoms with Gasteiger partial charge in [-0.3, -0.25) is 9.59 Å². The Bertz CT molecular complexity index is 774. The molecule has 0 aliphatic rings. The van der Waals surface area contributed by atoms with Gasteiger partial charge in [0.25, 0.3) is 5.91 Å². The van der Waals surface area contributed by atoms with Crippen LogP contribution >= 0.6 is 0 Å². The van der Waals surface area contributed by atoms with Gasteiger partial charge in [-0.2, -0.15) is 0 Å². The average Bonchev–Trinajstić information content (AvgIpc) is 2.63. The molecular weight excluding hydrogens is 374 g/mol. The number of hydrogen-bond acceptors (Lipinski definition) is 6. The zero-order valence-electron chi connectivity index (χ0n) is 15.8. The Balaban J connectivity index is 2.57. The summed E-state index contributed by atoms with van der Waals surface area (Å²) in [5.74, 6) is -1.72. The average molecular weight is 399 g/mol. The van der Waals surface area contributed by atoms with Crippen LogP contribution in [0.25, 0.3) is 0 Å². The third-order valence-electron chi connectivity index (χ3n) is 3.52. The third-order valence-corrected chi connectivity index (χ3v) is 5.35. The molecule has 0 radical (unpaired) electrons. The van der Waals surface area contributed by atoms with Gasteiger partial charge in [-0.1, -0.05) is 6.92 Å². The van der Waals surface area contributed by atoms with E-state index in [0.717, 1.165) is 10.7 Å². The van der Waals surface area contributed by atoms with E-state index in [1.54, 1.807) is 0 Å². The number of carbonyl (C=O) groups is 3. The lowest BCUT2D eigenvalue weighted by molar-refractivity contribution is -0.130. The van der Waals surface area contributed by atoms with Crippen LogP contribution < -0.4 is 10.6 Å². The molecule has 0 spiro atoms. The summed E-state index contributed by atoms with van der Waals surface area (Å²) in [5.41, 5.74) is 0.106. The maximum atomic E-state index is 12.0. The zero-order chi connectivity index (χ0) is 20.6. The van der Waals surface area contributed by atoms with Crippen molar-refractivity contribution in [3.8, 4) is 0 Å². The van der Waals surface area contributed by atoms with Gasteiger partial charge < -0.3 is 15.4 Å². The molecule has 2 N–H and O–H groups in total. The molecule has 0 aliphatic carbocycles. The van der Waals surface area contributed by atoms with E-state index >= 15 is 0 Å². The molecule has 0 heterocycles. The van der Waals surface area contributed by atoms with Gasteiger partial charge in [-0.15, -0.1) is 0 Å². The van der Waals surface area contributed by atoms with Crippen LogP contribution in [-0.4, -0.2) is 63.8 Å². The first kappa shape index (κ1) is 22.6. The summed E-state index contributed by atoms with van der Waals surface area (Å²) in [6.07, 6.45) is 0.776. The van der Waals surface area contributed by atoms with E-state index < -0.39 is 34.5 Å². The normalized spacial score (nSPS) is 12.3. The monoisotopic (exact) mass is 399 g/mol. The smallest absolute Gasteiger partial charge is 0.338 e. The highest BCUT2D eigenvalue weighted by Crippen LogP contribution is 2.14. The van der Waals surface area contributed by atoms with Crippen LogP contribution in [0.3, 0.4) is 0 Å². The molecule has 1 aromatic carbocycles. The molecule has 150 valence electrons. The first-order chi connectivity index (χ1) is 12.6. The fraction of sp³-hybridized carbons (Fsp3) is 0.471. The van der Waals surface area contributed by atoms with E-state index in [2.05, 4.69) is 10.6 Å². The van der Waals surface area contributed by atoms with Crippen LogP contribution in [0.5, 0.6) is 0 Å². The van der Waals surface area contributed by atoms with Crippen molar-refractivity contribution in [2.24, 2.45) is 0 Å². The van der Waals surface area contributed by atoms with Gasteiger partial charge in [-0.25, -0.2) is 17.5 Å². The molecule has 1 atom stereocenters. The minimum Gasteiger partial charge on any atom is -0.452 e. The summed E-state index contributed by atoms with van der Waals surface area (Å²) >= 11 is 0. The van der Waals surface area contributed by atoms with Gasteiger partial charge in [0, 0.05) is 20.6 Å². The molecule has 10 heteroatoms. The van der Waals surface area contributed by atoms with Crippen molar-refractivity contribution >= 4 is 27.8 Å². The van der Waals surface area contributed by atoms with E-state index in [-0.39, 0.29) is 16.4 Å². The lowest BCUT2D eigenvalue weighted by Gasteiger charge is -2.14. The van der Waals surface area contributed by atoms with Crippen molar-refractivity contribution in [3.05, 3.63) is 29.8 Å². The molecule has 1 rings (SSSR count). The van der Waals surface area contributed by atoms with E-state index in [0.29, 0.717) is 6.54 Å². The highest BCUT2D eigenvalue weighted by atomic mass is 32.2. The van der Waals surface area contributed by atoms with Crippen molar-refractivity contribution in [2.75, 3.05) is 27.2 Å². The molecule has 9 nitrogen and oxygen atoms in total. The Hall–Kier alpha value is -2.46. The van der Waals surface area contributed by atoms with E-state index in [1.165, 1.54) is 45.3 Å². The van der Waals surface area contributed by atoms with Crippen molar-refractivity contribution in [1.82, 2.24) is 14.9 Å². The Morgan fingerprint density at radius 1 is 1.15 bits per heavy atom. The summed E-state index contributed by atoms with van der Waals surface area (Å²) in [6.45, 7) is 3.38. The standard InChI is InChI=1S/C17H25N3O6S/c1-5-10-18-16(22)12(2)19-15(21)11-26-17(23)13-6-8-14(9-7-13)27(24,25)20(3)4/h6-9,12H,5,10-11H2,1-4H3,(H,18,22)(H,19,21)/t12-/m0/s1. The molecule has 0 saturated carbocycles. The van der Waals surface area contributed by atoms with E-state index in [1.807, 2.05) is 6.92 Å². The molecule has 1 aromatic rings. The van der Waals surface area contributed by atoms with Crippen LogP contribution in [0.2, 0.25) is 0 Å². The van der Waals surface area contributed by atoms with Crippen LogP contribution in [0.15, 0.2) is 29.2 Å². The number of amides is 2. The van der Waals surface area contributed by atoms with E-state index in [9.17, 15) is 22.8 Å². The molecule has 0 fully saturated rings. The number of nitrogens with one attached hydrogen (secondary N) is 2. The first-order valence-corrected chi connectivity index (χ1v) is 9.80. The fourth-order valence-corrected chi connectivity index (χ4v) is 2.84. The maximum absolute atomic E-state index is 12.0. The SMILES string of the molecule is CCCNC(=O)[C@H](C)NC(=O)COC(=O)c1ccc(S(=O)(=O)N(C)C)cc1. The largest absolute Gasteiger partial charge is 0.452 e. The first-order valence-electron chi connectivity index (χ1n) is 8.36. The Labute approximate surface area is 159 Å². The third kappa shape index (κ3) is 6.65. The predicted molar refractivity (Wildman–Crippen MR) is 98.5 cm³/mol. The lowest BCUT2D eigenvalue weighted by Crippen LogP contribution is -2.46. The van der Waals surface area contributed by atoms with E-state index in [4.69, 9.17) is 4.74 Å². The van der Waals surface area contributed by atoms with Crippen molar-refractivity contribution < 1.29 is 27.5 Å². The zero-order valence-corrected chi connectivity index (χ0v) is 16.6. The number of rotatable bonds is 9. The molecule has 0 aliphatic heterocycles. The number of hydrogen-bond donors (Lipinski definition) is 2. The molecule has 0 saturated heterocycles. The van der Waals surface area contributed by atoms with Crippen LogP contribution in [0.1, 0.15) is 30.6 Å². The van der Waals surface area contributed by atoms with Gasteiger partial charge in [0.2, 0.25) is 15.9 Å². The van der Waals surface area contributed by atoms with Crippen molar-refractivity contribution in [3.63, 3.8) is 0 Å². The Morgan fingerprint density at radius 3 is 2.26 bits per heavy atom. The van der Waals surface area contributed by atoms with Gasteiger partial charge in [0.15, 0.2) is 6.61 Å². The van der Waals surface area contributed by atoms with Gasteiger partial charge in [0.1, 0.15) is 6.04 Å². The summed E-state index contributed by atoms with van der Waals surface area (Å²) in [7, 11) is -0.789. The van der Waals surface area contributed by atoms with Gasteiger partial charge >= 0.3 is 5.97 Å². The summed E-state index contributed by atoms with van der Waals surface area (Å²) in [4.78, 5) is 35.4. The van der Waals surface area contributed by atoms with Crippen LogP contribution in [0.4, 0.5) is 0 Å². The van der Waals surface area contributed by atoms with Crippen molar-refractivity contribution in [1.29, 1.82) is 0 Å². The number of benzene rings is 1. The number of carbonyl (C=O) groups excluding carboxylic acids is 3. The summed E-state index contributed by atoms with van der Waals surface area (Å²) < 4.78 is 29.9. The number of sulfonamides is 1. The second-order valence-corrected chi connectivity index (χ2v) is 8.12. The summed E-state index contributed by atoms with van der Waals surface area (Å²) in [5, 5.41) is 5.06. The molecule has 2 amide bonds. The lowest BCUT2D eigenvalue weighted by atomic mass is 10.2. The summed E-state index contributed by atoms with van der Waals surface area (Å²) in [6, 6.07) is 4.42. The highest BCUT2D eigenvalue weighted by Gasteiger charge is 2.19. The number of nitrogens with zero attached hydrogens (tertiary/aromatic N) is 1. The second kappa shape index (κ2) is 10.0. The molecule has 0 aromatic heterocycles. The van der Waals surface area contributed by atoms with Crippen LogP contribution in [-0.2, 0) is 24.3 Å². The highest BCUT2D eigenvalue weighted by molar-refractivity contribution is 7.89. The minimum absolute atomic E-state index is 0.0358. The van der Waals surface area contributed by atoms with Crippen LogP contribution in [0, 0.1) is 0 Å². The quantitative estimate of drug-likeness (QED) is 0.569. The number of ether oxygens (including phenoxy) is 1. The second-order valence-electron chi connectivity index (χ2n) is 5.97. The van der Waals surface area contributed by atoms with Crippen molar-refractivity contribution in [2.45, 2.75) is 31.2 Å².